The Hall–Kier alpha value is -1.61. The molecule has 0 amide bonds. The summed E-state index contributed by atoms with van der Waals surface area (Å²) in [6.07, 6.45) is 6.26. The molecule has 3 heteroatoms. The first kappa shape index (κ1) is 10.9. The first-order valence-corrected chi connectivity index (χ1v) is 5.46. The van der Waals surface area contributed by atoms with Crippen LogP contribution in [-0.2, 0) is 17.8 Å². The number of ether oxygens (including phenoxy) is 1. The minimum absolute atomic E-state index is 0.750. The van der Waals surface area contributed by atoms with Crippen LogP contribution in [0.5, 0.6) is 0 Å². The summed E-state index contributed by atoms with van der Waals surface area (Å²) < 4.78 is 9.35. The highest BCUT2D eigenvalue weighted by atomic mass is 16.5. The lowest BCUT2D eigenvalue weighted by atomic mass is 10.2. The van der Waals surface area contributed by atoms with Crippen LogP contribution in [0.25, 0.3) is 0 Å². The van der Waals surface area contributed by atoms with Crippen molar-refractivity contribution in [3.05, 3.63) is 54.6 Å². The third kappa shape index (κ3) is 2.94. The fraction of sp³-hybridized carbons (Fsp3) is 0.308. The number of imidazole rings is 1. The number of methoxy groups -OCH3 is 1. The van der Waals surface area contributed by atoms with Gasteiger partial charge in [-0.15, -0.1) is 0 Å². The highest BCUT2D eigenvalue weighted by molar-refractivity contribution is 5.13. The third-order valence-corrected chi connectivity index (χ3v) is 2.51. The van der Waals surface area contributed by atoms with Crippen LogP contribution in [0.2, 0.25) is 0 Å². The normalized spacial score (nSPS) is 10.6. The van der Waals surface area contributed by atoms with Crippen molar-refractivity contribution in [1.29, 1.82) is 0 Å². The zero-order valence-electron chi connectivity index (χ0n) is 9.54. The Labute approximate surface area is 95.9 Å². The van der Waals surface area contributed by atoms with Crippen molar-refractivity contribution in [3.8, 4) is 0 Å². The van der Waals surface area contributed by atoms with E-state index in [9.17, 15) is 0 Å². The van der Waals surface area contributed by atoms with Crippen LogP contribution in [0.15, 0.2) is 49.1 Å². The molecule has 0 radical (unpaired) electrons. The lowest BCUT2D eigenvalue weighted by Crippen LogP contribution is -2.31. The maximum atomic E-state index is 5.04. The van der Waals surface area contributed by atoms with Crippen molar-refractivity contribution in [2.24, 2.45) is 0 Å². The van der Waals surface area contributed by atoms with E-state index in [1.165, 1.54) is 5.56 Å². The molecule has 0 aliphatic rings. The second kappa shape index (κ2) is 5.47. The van der Waals surface area contributed by atoms with E-state index in [0.717, 1.165) is 19.7 Å². The van der Waals surface area contributed by atoms with Crippen molar-refractivity contribution in [2.75, 3.05) is 13.7 Å². The van der Waals surface area contributed by atoms with Crippen LogP contribution in [0, 0.1) is 0 Å². The monoisotopic (exact) mass is 217 g/mol. The Bertz CT molecular complexity index is 423. The van der Waals surface area contributed by atoms with Crippen LogP contribution in [-0.4, -0.2) is 18.3 Å². The van der Waals surface area contributed by atoms with Crippen molar-refractivity contribution in [3.63, 3.8) is 0 Å². The molecule has 0 fully saturated rings. The zero-order valence-corrected chi connectivity index (χ0v) is 9.54. The van der Waals surface area contributed by atoms with Gasteiger partial charge in [0.25, 0.3) is 0 Å². The quantitative estimate of drug-likeness (QED) is 0.694. The summed E-state index contributed by atoms with van der Waals surface area (Å²) in [6, 6.07) is 10.5. The average molecular weight is 217 g/mol. The third-order valence-electron chi connectivity index (χ3n) is 2.51. The van der Waals surface area contributed by atoms with Gasteiger partial charge in [0.2, 0.25) is 6.33 Å². The van der Waals surface area contributed by atoms with Gasteiger partial charge >= 0.3 is 0 Å². The number of benzene rings is 1. The molecule has 1 aromatic carbocycles. The fourth-order valence-corrected chi connectivity index (χ4v) is 1.66. The topological polar surface area (TPSA) is 18.0 Å². The van der Waals surface area contributed by atoms with Crippen LogP contribution >= 0.6 is 0 Å². The van der Waals surface area contributed by atoms with Gasteiger partial charge in [-0.05, 0) is 5.56 Å². The van der Waals surface area contributed by atoms with Gasteiger partial charge in [0.05, 0.1) is 6.61 Å². The summed E-state index contributed by atoms with van der Waals surface area (Å²) in [4.78, 5) is 0. The van der Waals surface area contributed by atoms with Gasteiger partial charge < -0.3 is 4.74 Å². The molecule has 0 saturated heterocycles. The van der Waals surface area contributed by atoms with Crippen LogP contribution in [0.3, 0.4) is 0 Å². The van der Waals surface area contributed by atoms with Crippen molar-refractivity contribution < 1.29 is 9.30 Å². The molecule has 0 unspecified atom stereocenters. The summed E-state index contributed by atoms with van der Waals surface area (Å²) in [5.74, 6) is 0. The predicted octanol–water partition coefficient (Wildman–Crippen LogP) is 1.47. The van der Waals surface area contributed by atoms with Gasteiger partial charge in [0.15, 0.2) is 0 Å². The van der Waals surface area contributed by atoms with Gasteiger partial charge in [-0.1, -0.05) is 30.3 Å². The molecule has 0 aliphatic heterocycles. The number of nitrogens with zero attached hydrogens (tertiary/aromatic N) is 2. The molecule has 0 spiro atoms. The van der Waals surface area contributed by atoms with Crippen molar-refractivity contribution in [2.45, 2.75) is 13.1 Å². The molecule has 0 N–H and O–H groups in total. The molecule has 16 heavy (non-hydrogen) atoms. The van der Waals surface area contributed by atoms with Crippen molar-refractivity contribution in [1.82, 2.24) is 4.57 Å². The Morgan fingerprint density at radius 2 is 2.06 bits per heavy atom. The van der Waals surface area contributed by atoms with Crippen molar-refractivity contribution >= 4 is 0 Å². The standard InChI is InChI=1S/C13H17N2O/c1-16-10-9-14-7-8-15(12-14)11-13-5-3-2-4-6-13/h2-8,12H,9-11H2,1H3/q+1. The lowest BCUT2D eigenvalue weighted by molar-refractivity contribution is -0.687. The SMILES string of the molecule is COCCn1cc[n+](Cc2ccccc2)c1. The van der Waals surface area contributed by atoms with Crippen LogP contribution in [0.1, 0.15) is 5.56 Å². The van der Waals surface area contributed by atoms with E-state index >= 15 is 0 Å². The fourth-order valence-electron chi connectivity index (χ4n) is 1.66. The second-order valence-electron chi connectivity index (χ2n) is 3.80. The molecule has 2 rings (SSSR count). The smallest absolute Gasteiger partial charge is 0.244 e. The van der Waals surface area contributed by atoms with E-state index in [1.807, 2.05) is 6.07 Å². The average Bonchev–Trinajstić information content (AvgIpc) is 2.75. The van der Waals surface area contributed by atoms with Gasteiger partial charge in [0.1, 0.15) is 25.5 Å². The first-order chi connectivity index (χ1) is 7.88. The summed E-state index contributed by atoms with van der Waals surface area (Å²) in [5.41, 5.74) is 1.32. The molecule has 1 heterocycles. The summed E-state index contributed by atoms with van der Waals surface area (Å²) in [7, 11) is 1.72. The summed E-state index contributed by atoms with van der Waals surface area (Å²) in [5, 5.41) is 0. The van der Waals surface area contributed by atoms with E-state index in [1.54, 1.807) is 7.11 Å². The molecule has 0 atom stereocenters. The first-order valence-electron chi connectivity index (χ1n) is 5.46. The largest absolute Gasteiger partial charge is 0.381 e. The minimum atomic E-state index is 0.750. The number of hydrogen-bond acceptors (Lipinski definition) is 1. The summed E-state index contributed by atoms with van der Waals surface area (Å²) in [6.45, 7) is 2.57. The predicted molar refractivity (Wildman–Crippen MR) is 62.0 cm³/mol. The highest BCUT2D eigenvalue weighted by Crippen LogP contribution is 1.97. The molecular weight excluding hydrogens is 200 g/mol. The maximum Gasteiger partial charge on any atom is 0.244 e. The van der Waals surface area contributed by atoms with E-state index in [4.69, 9.17) is 4.74 Å². The Morgan fingerprint density at radius 3 is 2.81 bits per heavy atom. The zero-order chi connectivity index (χ0) is 11.2. The molecule has 0 bridgehead atoms. The number of hydrogen-bond donors (Lipinski definition) is 0. The molecule has 2 aromatic rings. The molecule has 0 saturated carbocycles. The molecule has 1 aromatic heterocycles. The Balaban J connectivity index is 1.97. The van der Waals surface area contributed by atoms with Gasteiger partial charge in [-0.2, -0.15) is 0 Å². The van der Waals surface area contributed by atoms with Crippen LogP contribution in [0.4, 0.5) is 0 Å². The van der Waals surface area contributed by atoms with E-state index < -0.39 is 0 Å². The highest BCUT2D eigenvalue weighted by Gasteiger charge is 2.03. The van der Waals surface area contributed by atoms with E-state index in [0.29, 0.717) is 0 Å². The van der Waals surface area contributed by atoms with Gasteiger partial charge in [0, 0.05) is 7.11 Å². The number of aromatic nitrogens is 2. The maximum absolute atomic E-state index is 5.04. The molecule has 84 valence electrons. The molecule has 0 aliphatic carbocycles. The number of rotatable bonds is 5. The van der Waals surface area contributed by atoms with E-state index in [-0.39, 0.29) is 0 Å². The Morgan fingerprint density at radius 1 is 1.25 bits per heavy atom. The summed E-state index contributed by atoms with van der Waals surface area (Å²) >= 11 is 0. The minimum Gasteiger partial charge on any atom is -0.381 e. The van der Waals surface area contributed by atoms with Gasteiger partial charge in [-0.3, -0.25) is 0 Å². The van der Waals surface area contributed by atoms with Crippen LogP contribution < -0.4 is 4.57 Å². The lowest BCUT2D eigenvalue weighted by Gasteiger charge is -1.96. The molecule has 3 nitrogen and oxygen atoms in total. The molecular formula is C13H17N2O+. The van der Waals surface area contributed by atoms with Gasteiger partial charge in [-0.25, -0.2) is 9.13 Å². The Kier molecular flexibility index (Phi) is 3.72. The second-order valence-corrected chi connectivity index (χ2v) is 3.80. The van der Waals surface area contributed by atoms with E-state index in [2.05, 4.69) is 52.1 Å².